The highest BCUT2D eigenvalue weighted by atomic mass is 15.1. The minimum absolute atomic E-state index is 0.0445. The van der Waals surface area contributed by atoms with Crippen molar-refractivity contribution < 1.29 is 0 Å². The lowest BCUT2D eigenvalue weighted by Crippen LogP contribution is -2.59. The molecule has 14 rings (SSSR count). The summed E-state index contributed by atoms with van der Waals surface area (Å²) in [7, 11) is 0. The zero-order valence-electron chi connectivity index (χ0n) is 41.5. The van der Waals surface area contributed by atoms with Gasteiger partial charge in [0, 0.05) is 28.1 Å². The molecule has 73 heavy (non-hydrogen) atoms. The lowest BCUT2D eigenvalue weighted by molar-refractivity contribution is 0.157. The highest BCUT2D eigenvalue weighted by Gasteiger charge is 2.71. The highest BCUT2D eigenvalue weighted by molar-refractivity contribution is 5.93. The lowest BCUT2D eigenvalue weighted by Gasteiger charge is -2.62. The van der Waals surface area contributed by atoms with Gasteiger partial charge in [-0.15, -0.1) is 0 Å². The molecule has 0 bridgehead atoms. The second kappa shape index (κ2) is 16.3. The van der Waals surface area contributed by atoms with Gasteiger partial charge in [-0.25, -0.2) is 0 Å². The number of allylic oxidation sites excluding steroid dienone is 4. The zero-order valence-corrected chi connectivity index (χ0v) is 41.5. The van der Waals surface area contributed by atoms with Crippen LogP contribution in [0.1, 0.15) is 70.8 Å². The maximum atomic E-state index is 2.61. The van der Waals surface area contributed by atoms with Crippen LogP contribution in [0.5, 0.6) is 0 Å². The van der Waals surface area contributed by atoms with Gasteiger partial charge in [0.1, 0.15) is 0 Å². The zero-order chi connectivity index (χ0) is 48.9. The van der Waals surface area contributed by atoms with E-state index in [1.165, 1.54) is 89.0 Å². The first-order chi connectivity index (χ1) is 35.9. The smallest absolute Gasteiger partial charge is 0.0560 e. The van der Waals surface area contributed by atoms with Crippen molar-refractivity contribution in [1.82, 2.24) is 0 Å². The Balaban J connectivity index is 1.12. The average molecular weight is 934 g/mol. The molecule has 0 aliphatic heterocycles. The van der Waals surface area contributed by atoms with Crippen molar-refractivity contribution in [1.29, 1.82) is 0 Å². The summed E-state index contributed by atoms with van der Waals surface area (Å²) in [5, 5.41) is 0. The normalized spacial score (nSPS) is 21.2. The number of anilines is 3. The van der Waals surface area contributed by atoms with Gasteiger partial charge in [-0.3, -0.25) is 0 Å². The topological polar surface area (TPSA) is 3.24 Å². The quantitative estimate of drug-likeness (QED) is 0.147. The van der Waals surface area contributed by atoms with Crippen LogP contribution in [0.4, 0.5) is 17.1 Å². The lowest BCUT2D eigenvalue weighted by atomic mass is 9.39. The monoisotopic (exact) mass is 933 g/mol. The summed E-state index contributed by atoms with van der Waals surface area (Å²) in [5.41, 5.74) is 22.2. The van der Waals surface area contributed by atoms with Crippen LogP contribution in [0.25, 0.3) is 39.0 Å². The molecule has 0 fully saturated rings. The number of rotatable bonds is 8. The molecule has 0 spiro atoms. The molecule has 10 aromatic carbocycles. The van der Waals surface area contributed by atoms with Crippen molar-refractivity contribution in [3.05, 3.63) is 323 Å². The Morgan fingerprint density at radius 2 is 0.863 bits per heavy atom. The van der Waals surface area contributed by atoms with Crippen molar-refractivity contribution in [3.63, 3.8) is 0 Å². The number of para-hydroxylation sites is 1. The van der Waals surface area contributed by atoms with E-state index in [0.29, 0.717) is 0 Å². The summed E-state index contributed by atoms with van der Waals surface area (Å²) in [5.74, 6) is -0.0445. The molecule has 348 valence electrons. The van der Waals surface area contributed by atoms with Gasteiger partial charge >= 0.3 is 0 Å². The fourth-order valence-electron chi connectivity index (χ4n) is 14.6. The van der Waals surface area contributed by atoms with Crippen LogP contribution < -0.4 is 4.90 Å². The van der Waals surface area contributed by atoms with Crippen LogP contribution >= 0.6 is 0 Å². The predicted molar refractivity (Wildman–Crippen MR) is 304 cm³/mol. The maximum Gasteiger partial charge on any atom is 0.0560 e. The van der Waals surface area contributed by atoms with Gasteiger partial charge < -0.3 is 4.90 Å². The minimum Gasteiger partial charge on any atom is -0.310 e. The van der Waals surface area contributed by atoms with E-state index in [9.17, 15) is 0 Å². The first kappa shape index (κ1) is 43.3. The molecule has 0 aromatic heterocycles. The van der Waals surface area contributed by atoms with Crippen molar-refractivity contribution in [3.8, 4) is 33.4 Å². The molecule has 0 heterocycles. The first-order valence-electron chi connectivity index (χ1n) is 26.0. The van der Waals surface area contributed by atoms with Gasteiger partial charge in [-0.05, 0) is 125 Å². The predicted octanol–water partition coefficient (Wildman–Crippen LogP) is 18.1. The summed E-state index contributed by atoms with van der Waals surface area (Å²) in [4.78, 5) is 2.61. The van der Waals surface area contributed by atoms with Gasteiger partial charge in [-0.1, -0.05) is 257 Å². The Labute approximate surface area is 430 Å². The molecule has 4 atom stereocenters. The number of hydrogen-bond acceptors (Lipinski definition) is 1. The third-order valence-corrected chi connectivity index (χ3v) is 17.6. The number of fused-ring (bicyclic) bond motifs is 8. The summed E-state index contributed by atoms with van der Waals surface area (Å²) in [6.07, 6.45) is 7.39. The molecular formula is C72H55N. The van der Waals surface area contributed by atoms with E-state index in [2.05, 4.69) is 299 Å². The van der Waals surface area contributed by atoms with Crippen LogP contribution in [0.15, 0.2) is 273 Å². The van der Waals surface area contributed by atoms with E-state index >= 15 is 0 Å². The second-order valence-corrected chi connectivity index (χ2v) is 21.3. The Kier molecular flexibility index (Phi) is 9.64. The Morgan fingerprint density at radius 1 is 0.356 bits per heavy atom. The van der Waals surface area contributed by atoms with Crippen molar-refractivity contribution >= 4 is 22.6 Å². The highest BCUT2D eigenvalue weighted by Crippen LogP contribution is 2.76. The fourth-order valence-corrected chi connectivity index (χ4v) is 14.6. The summed E-state index contributed by atoms with van der Waals surface area (Å²) < 4.78 is 0. The number of benzene rings is 10. The number of hydrogen-bond donors (Lipinski definition) is 0. The Hall–Kier alpha value is -8.52. The number of nitrogens with zero attached hydrogens (tertiary/aromatic N) is 1. The van der Waals surface area contributed by atoms with E-state index in [1.54, 1.807) is 0 Å². The molecule has 0 saturated heterocycles. The third-order valence-electron chi connectivity index (χ3n) is 17.6. The van der Waals surface area contributed by atoms with Crippen LogP contribution in [0.3, 0.4) is 0 Å². The van der Waals surface area contributed by atoms with Gasteiger partial charge in [0.15, 0.2) is 0 Å². The maximum absolute atomic E-state index is 2.61. The fraction of sp³-hybridized carbons (Fsp3) is 0.111. The van der Waals surface area contributed by atoms with E-state index in [4.69, 9.17) is 0 Å². The van der Waals surface area contributed by atoms with Crippen LogP contribution in [0.2, 0.25) is 0 Å². The summed E-state index contributed by atoms with van der Waals surface area (Å²) in [6, 6.07) is 96.4. The molecule has 0 saturated carbocycles. The molecule has 10 aromatic rings. The van der Waals surface area contributed by atoms with E-state index in [-0.39, 0.29) is 11.3 Å². The molecule has 4 aliphatic carbocycles. The molecular weight excluding hydrogens is 879 g/mol. The van der Waals surface area contributed by atoms with Gasteiger partial charge in [0.2, 0.25) is 0 Å². The van der Waals surface area contributed by atoms with E-state index < -0.39 is 16.2 Å². The van der Waals surface area contributed by atoms with Crippen LogP contribution in [-0.4, -0.2) is 0 Å². The average Bonchev–Trinajstić information content (AvgIpc) is 3.84. The van der Waals surface area contributed by atoms with Gasteiger partial charge in [-0.2, -0.15) is 0 Å². The Bertz CT molecular complexity index is 3790. The third kappa shape index (κ3) is 5.91. The Morgan fingerprint density at radius 3 is 1.52 bits per heavy atom. The molecule has 0 N–H and O–H groups in total. The van der Waals surface area contributed by atoms with E-state index in [0.717, 1.165) is 17.1 Å². The van der Waals surface area contributed by atoms with E-state index in [1.807, 2.05) is 0 Å². The van der Waals surface area contributed by atoms with Crippen molar-refractivity contribution in [2.24, 2.45) is 11.3 Å². The van der Waals surface area contributed by atoms with Crippen molar-refractivity contribution in [2.75, 3.05) is 4.90 Å². The molecule has 1 nitrogen and oxygen atoms in total. The molecule has 4 aliphatic rings. The molecule has 1 heteroatoms. The van der Waals surface area contributed by atoms with Crippen molar-refractivity contribution in [2.45, 2.75) is 37.0 Å². The van der Waals surface area contributed by atoms with Crippen LogP contribution in [-0.2, 0) is 16.2 Å². The van der Waals surface area contributed by atoms with Gasteiger partial charge in [0.25, 0.3) is 0 Å². The minimum atomic E-state index is -0.691. The first-order valence-corrected chi connectivity index (χ1v) is 26.0. The summed E-state index contributed by atoms with van der Waals surface area (Å²) >= 11 is 0. The second-order valence-electron chi connectivity index (χ2n) is 21.3. The molecule has 0 amide bonds. The molecule has 4 unspecified atom stereocenters. The standard InChI is InChI=1S/C72H55N/c1-69(2)60-35-18-16-33-57(60)58-44-43-55(48-66(58)69)73(56-46-51(49-25-8-4-9-26-49)45-52(47-56)50-27-10-5-11-28-50)67-41-23-22-39-65(67)71(53-29-12-6-13-30-53)63-37-20-21-38-64(63)72(54-31-14-7-15-32-54)62-36-19-17-34-59(62)61-40-24-42-68(71)70(61,72)3/h4-48,68H,1-3H3. The molecule has 0 radical (unpaired) electrons. The van der Waals surface area contributed by atoms with Crippen LogP contribution in [0, 0.1) is 11.3 Å². The SMILES string of the molecule is CC1(C)c2ccccc2-c2ccc(N(c3cc(-c4ccccc4)cc(-c4ccccc4)c3)c3ccccc3C3(c4ccccc4)c4ccccc4C4(c5ccccc5)c5ccccc5C5=CC=CC3C54C)cc21. The van der Waals surface area contributed by atoms with Gasteiger partial charge in [0.05, 0.1) is 16.5 Å². The summed E-state index contributed by atoms with van der Waals surface area (Å²) in [6.45, 7) is 7.39. The largest absolute Gasteiger partial charge is 0.310 e.